The first-order valence-corrected chi connectivity index (χ1v) is 27.4. The van der Waals surface area contributed by atoms with E-state index in [0.29, 0.717) is 74.0 Å². The highest BCUT2D eigenvalue weighted by Crippen LogP contribution is 2.50. The number of hydrogen-bond acceptors (Lipinski definition) is 11. The summed E-state index contributed by atoms with van der Waals surface area (Å²) >= 11 is 0. The molecule has 5 aliphatic heterocycles. The fourth-order valence-electron chi connectivity index (χ4n) is 12.9. The number of piperidine rings is 1. The molecule has 3 saturated heterocycles. The molecule has 17 nitrogen and oxygen atoms in total. The number of benzene rings is 2. The van der Waals surface area contributed by atoms with Crippen LogP contribution in [0, 0.1) is 11.8 Å². The van der Waals surface area contributed by atoms with Crippen LogP contribution >= 0.6 is 0 Å². The Morgan fingerprint density at radius 2 is 1.09 bits per heavy atom. The van der Waals surface area contributed by atoms with E-state index in [1.807, 2.05) is 56.8 Å². The minimum absolute atomic E-state index is 0.0179. The lowest BCUT2D eigenvalue weighted by Crippen LogP contribution is -2.48. The number of carbonyl (C=O) groups is 4. The number of fused-ring (bicyclic) bond motifs is 6. The highest BCUT2D eigenvalue weighted by atomic mass is 19.4. The zero-order chi connectivity index (χ0) is 53.0. The SMILES string of the molecule is C[C@@H](Oc1nc(-c2ccc3c(c2)NC(=O)C32CCCCC2)cc2ncn(C3CC3)c12)[C@H]1CNC(=O)C1.C[C@@H](Oc1nc(-c2ccc3c(c2)NC(=O)C32CCN(CC(F)(F)F)CC2)cc2ncn(C3CC3)c12)[C@H]1CNC(=O)C1. The zero-order valence-corrected chi connectivity index (χ0v) is 43.2. The van der Waals surface area contributed by atoms with E-state index in [0.717, 1.165) is 107 Å². The minimum atomic E-state index is -4.26. The number of hydrogen-bond donors (Lipinski definition) is 4. The highest BCUT2D eigenvalue weighted by Gasteiger charge is 2.50. The molecule has 6 fully saturated rings. The number of likely N-dealkylation sites (tertiary alicyclic amines) is 1. The van der Waals surface area contributed by atoms with Crippen LogP contribution in [0.3, 0.4) is 0 Å². The lowest BCUT2D eigenvalue weighted by atomic mass is 9.70. The third-order valence-corrected chi connectivity index (χ3v) is 17.7. The van der Waals surface area contributed by atoms with Crippen molar-refractivity contribution < 1.29 is 41.8 Å². The maximum absolute atomic E-state index is 13.2. The summed E-state index contributed by atoms with van der Waals surface area (Å²) in [5, 5.41) is 11.9. The van der Waals surface area contributed by atoms with Gasteiger partial charge in [-0.3, -0.25) is 24.1 Å². The van der Waals surface area contributed by atoms with Crippen LogP contribution in [-0.4, -0.2) is 109 Å². The fraction of sp³-hybridized carbons (Fsp3) is 0.509. The van der Waals surface area contributed by atoms with Crippen molar-refractivity contribution in [3.63, 3.8) is 0 Å². The Morgan fingerprint density at radius 1 is 0.636 bits per heavy atom. The van der Waals surface area contributed by atoms with Gasteiger partial charge in [-0.05, 0) is 114 Å². The molecule has 3 aliphatic carbocycles. The van der Waals surface area contributed by atoms with Crippen molar-refractivity contribution in [3.05, 3.63) is 72.3 Å². The largest absolute Gasteiger partial charge is 0.473 e. The van der Waals surface area contributed by atoms with Gasteiger partial charge in [0.1, 0.15) is 23.2 Å². The maximum atomic E-state index is 13.2. The number of ether oxygens (including phenoxy) is 2. The normalized spacial score (nSPS) is 23.3. The number of aromatic nitrogens is 6. The zero-order valence-electron chi connectivity index (χ0n) is 43.2. The maximum Gasteiger partial charge on any atom is 0.401 e. The van der Waals surface area contributed by atoms with Crippen LogP contribution in [0.5, 0.6) is 11.8 Å². The van der Waals surface area contributed by atoms with Crippen LogP contribution in [0.25, 0.3) is 44.6 Å². The van der Waals surface area contributed by atoms with Crippen molar-refractivity contribution in [2.75, 3.05) is 43.4 Å². The number of nitrogens with zero attached hydrogens (tertiary/aromatic N) is 7. The summed E-state index contributed by atoms with van der Waals surface area (Å²) in [6, 6.07) is 16.7. The van der Waals surface area contributed by atoms with Gasteiger partial charge in [0.25, 0.3) is 0 Å². The van der Waals surface area contributed by atoms with E-state index in [2.05, 4.69) is 53.6 Å². The number of amides is 4. The van der Waals surface area contributed by atoms with Crippen molar-refractivity contribution in [2.45, 2.75) is 139 Å². The Kier molecular flexibility index (Phi) is 12.1. The van der Waals surface area contributed by atoms with E-state index in [4.69, 9.17) is 24.4 Å². The van der Waals surface area contributed by atoms with Gasteiger partial charge in [-0.1, -0.05) is 43.5 Å². The fourth-order valence-corrected chi connectivity index (χ4v) is 12.9. The van der Waals surface area contributed by atoms with E-state index in [-0.39, 0.29) is 66.2 Å². The average molecular weight is 1050 g/mol. The molecule has 0 unspecified atom stereocenters. The number of anilines is 2. The van der Waals surface area contributed by atoms with E-state index < -0.39 is 18.1 Å². The van der Waals surface area contributed by atoms with Gasteiger partial charge in [0.05, 0.1) is 52.5 Å². The second-order valence-electron chi connectivity index (χ2n) is 22.9. The lowest BCUT2D eigenvalue weighted by Gasteiger charge is -2.38. The average Bonchev–Trinajstić information content (AvgIpc) is 4.33. The molecule has 0 radical (unpaired) electrons. The smallest absolute Gasteiger partial charge is 0.401 e. The monoisotopic (exact) mass is 1050 g/mol. The molecule has 14 rings (SSSR count). The number of carbonyl (C=O) groups excluding carboxylic acids is 4. The number of halogens is 3. The Balaban J connectivity index is 0.000000148. The van der Waals surface area contributed by atoms with Gasteiger partial charge < -0.3 is 39.9 Å². The van der Waals surface area contributed by atoms with Gasteiger partial charge in [-0.15, -0.1) is 0 Å². The summed E-state index contributed by atoms with van der Waals surface area (Å²) in [5.74, 6) is 1.23. The van der Waals surface area contributed by atoms with Crippen LogP contribution in [0.15, 0.2) is 61.2 Å². The third-order valence-electron chi connectivity index (χ3n) is 17.7. The van der Waals surface area contributed by atoms with Gasteiger partial charge in [0, 0.05) is 72.4 Å². The van der Waals surface area contributed by atoms with Crippen molar-refractivity contribution in [1.82, 2.24) is 44.6 Å². The molecule has 402 valence electrons. The molecule has 77 heavy (non-hydrogen) atoms. The first kappa shape index (κ1) is 49.5. The molecule has 2 spiro atoms. The van der Waals surface area contributed by atoms with Crippen molar-refractivity contribution >= 4 is 57.1 Å². The Morgan fingerprint density at radius 3 is 1.51 bits per heavy atom. The summed E-state index contributed by atoms with van der Waals surface area (Å²) in [7, 11) is 0. The van der Waals surface area contributed by atoms with E-state index in [1.54, 1.807) is 0 Å². The summed E-state index contributed by atoms with van der Waals surface area (Å²) in [6.07, 6.45) is 10.2. The summed E-state index contributed by atoms with van der Waals surface area (Å²) in [5.41, 5.74) is 8.77. The molecule has 4 amide bonds. The number of rotatable bonds is 11. The van der Waals surface area contributed by atoms with Crippen LogP contribution < -0.4 is 30.7 Å². The molecule has 3 saturated carbocycles. The predicted molar refractivity (Wildman–Crippen MR) is 280 cm³/mol. The second-order valence-corrected chi connectivity index (χ2v) is 22.9. The molecule has 4 N–H and O–H groups in total. The Labute approximate surface area is 442 Å². The molecular formula is C57H62F3N11O6. The second kappa shape index (κ2) is 18.8. The standard InChI is InChI=1S/C29H31F3N6O3.C28H31N5O3/c1-16(18-11-24(39)33-13-18)41-26-25-23(34-15-38(25)19-3-4-19)12-21(35-26)17-2-5-20-22(10-17)36-27(40)28(20)6-8-37(9-7-28)14-29(30,31)32;1-16(18-12-24(34)29-14-18)36-26-25-23(30-15-33(25)19-6-7-19)13-21(31-26)17-5-8-20-22(11-17)32-27(35)28(20)9-3-2-4-10-28/h2,5,10,12,15-16,18-19H,3-4,6-9,11,13-14H2,1H3,(H,33,39)(H,36,40);5,8,11,13,15-16,18-19H,2-4,6-7,9-10,12,14H2,1H3,(H,29,34)(H,32,35)/t2*16-,18-/m11/s1. The van der Waals surface area contributed by atoms with Crippen molar-refractivity contribution in [2.24, 2.45) is 11.8 Å². The quantitative estimate of drug-likeness (QED) is 0.0968. The predicted octanol–water partition coefficient (Wildman–Crippen LogP) is 8.68. The molecule has 9 heterocycles. The van der Waals surface area contributed by atoms with Gasteiger partial charge in [-0.2, -0.15) is 13.2 Å². The first-order chi connectivity index (χ1) is 37.1. The highest BCUT2D eigenvalue weighted by molar-refractivity contribution is 6.08. The van der Waals surface area contributed by atoms with Gasteiger partial charge in [-0.25, -0.2) is 19.9 Å². The molecule has 20 heteroatoms. The first-order valence-electron chi connectivity index (χ1n) is 27.4. The minimum Gasteiger partial charge on any atom is -0.473 e. The van der Waals surface area contributed by atoms with Crippen molar-refractivity contribution in [1.29, 1.82) is 0 Å². The van der Waals surface area contributed by atoms with E-state index >= 15 is 0 Å². The molecule has 4 aromatic heterocycles. The molecule has 6 aromatic rings. The molecule has 2 aromatic carbocycles. The van der Waals surface area contributed by atoms with Crippen LogP contribution in [0.2, 0.25) is 0 Å². The molecular weight excluding hydrogens is 992 g/mol. The number of pyridine rings is 2. The Hall–Kier alpha value is -7.09. The van der Waals surface area contributed by atoms with Gasteiger partial charge in [0.2, 0.25) is 35.4 Å². The van der Waals surface area contributed by atoms with Crippen LogP contribution in [0.4, 0.5) is 24.5 Å². The summed E-state index contributed by atoms with van der Waals surface area (Å²) in [6.45, 7) is 4.60. The van der Waals surface area contributed by atoms with Crippen molar-refractivity contribution in [3.8, 4) is 34.3 Å². The van der Waals surface area contributed by atoms with Crippen LogP contribution in [-0.2, 0) is 30.0 Å². The number of imidazole rings is 2. The summed E-state index contributed by atoms with van der Waals surface area (Å²) in [4.78, 5) is 70.4. The molecule has 4 atom stereocenters. The Bertz CT molecular complexity index is 3370. The topological polar surface area (TPSA) is 200 Å². The number of nitrogens with one attached hydrogen (secondary N) is 4. The lowest BCUT2D eigenvalue weighted by molar-refractivity contribution is -0.150. The molecule has 8 aliphatic rings. The van der Waals surface area contributed by atoms with E-state index in [9.17, 15) is 32.3 Å². The molecule has 0 bridgehead atoms. The van der Waals surface area contributed by atoms with Crippen LogP contribution in [0.1, 0.15) is 121 Å². The van der Waals surface area contributed by atoms with Gasteiger partial charge >= 0.3 is 6.18 Å². The number of alkyl halides is 3. The van der Waals surface area contributed by atoms with E-state index in [1.165, 1.54) is 11.3 Å². The third kappa shape index (κ3) is 9.12. The van der Waals surface area contributed by atoms with Gasteiger partial charge in [0.15, 0.2) is 0 Å². The summed E-state index contributed by atoms with van der Waals surface area (Å²) < 4.78 is 55.9.